The molecule has 2 aromatic rings. The number of anilines is 1. The first-order valence-corrected chi connectivity index (χ1v) is 9.49. The second-order valence-electron chi connectivity index (χ2n) is 6.55. The minimum Gasteiger partial charge on any atom is -0.357 e. The van der Waals surface area contributed by atoms with Crippen LogP contribution in [0.5, 0.6) is 0 Å². The van der Waals surface area contributed by atoms with Gasteiger partial charge in [0.25, 0.3) is 0 Å². The third kappa shape index (κ3) is 5.63. The summed E-state index contributed by atoms with van der Waals surface area (Å²) in [6.07, 6.45) is 8.02. The molecule has 0 bridgehead atoms. The van der Waals surface area contributed by atoms with E-state index in [2.05, 4.69) is 30.8 Å². The van der Waals surface area contributed by atoms with Crippen molar-refractivity contribution in [3.63, 3.8) is 0 Å². The lowest BCUT2D eigenvalue weighted by Gasteiger charge is -2.20. The van der Waals surface area contributed by atoms with Gasteiger partial charge in [-0.15, -0.1) is 10.2 Å². The molecule has 1 saturated heterocycles. The Morgan fingerprint density at radius 2 is 2.19 bits per heavy atom. The van der Waals surface area contributed by atoms with E-state index in [-0.39, 0.29) is 11.9 Å². The molecule has 3 rings (SSSR count). The molecule has 0 radical (unpaired) electrons. The number of aryl methyl sites for hydroxylation is 1. The standard InChI is InChI=1S/C18H27FN8/c1-2-20-18(22-8-3-4-10-26-13-23-24-14-26)25-15-7-11-27(12-15)17-16(19)6-5-9-21-17/h5-6,9,13-15H,2-4,7-8,10-12H2,1H3,(H2,20,22,25). The lowest BCUT2D eigenvalue weighted by molar-refractivity contribution is 0.605. The maximum Gasteiger partial charge on any atom is 0.191 e. The number of nitrogens with one attached hydrogen (secondary N) is 2. The molecule has 0 saturated carbocycles. The third-order valence-electron chi connectivity index (χ3n) is 4.47. The summed E-state index contributed by atoms with van der Waals surface area (Å²) < 4.78 is 15.9. The predicted octanol–water partition coefficient (Wildman–Crippen LogP) is 1.43. The zero-order valence-corrected chi connectivity index (χ0v) is 15.7. The molecule has 9 heteroatoms. The van der Waals surface area contributed by atoms with Crippen LogP contribution in [0.2, 0.25) is 0 Å². The molecule has 1 atom stereocenters. The molecular weight excluding hydrogens is 347 g/mol. The van der Waals surface area contributed by atoms with Crippen LogP contribution in [0.3, 0.4) is 0 Å². The molecule has 1 unspecified atom stereocenters. The monoisotopic (exact) mass is 374 g/mol. The summed E-state index contributed by atoms with van der Waals surface area (Å²) in [4.78, 5) is 10.8. The van der Waals surface area contributed by atoms with Crippen molar-refractivity contribution in [2.24, 2.45) is 4.99 Å². The zero-order valence-electron chi connectivity index (χ0n) is 15.7. The fourth-order valence-electron chi connectivity index (χ4n) is 3.13. The maximum atomic E-state index is 13.9. The number of aromatic nitrogens is 4. The van der Waals surface area contributed by atoms with Crippen molar-refractivity contribution >= 4 is 11.8 Å². The smallest absolute Gasteiger partial charge is 0.191 e. The maximum absolute atomic E-state index is 13.9. The number of hydrogen-bond donors (Lipinski definition) is 2. The van der Waals surface area contributed by atoms with Crippen LogP contribution in [-0.2, 0) is 6.54 Å². The number of nitrogens with zero attached hydrogens (tertiary/aromatic N) is 6. The van der Waals surface area contributed by atoms with Gasteiger partial charge in [-0.2, -0.15) is 0 Å². The van der Waals surface area contributed by atoms with Crippen molar-refractivity contribution in [1.82, 2.24) is 30.4 Å². The van der Waals surface area contributed by atoms with Crippen LogP contribution in [-0.4, -0.2) is 57.9 Å². The molecule has 2 aromatic heterocycles. The molecule has 0 spiro atoms. The van der Waals surface area contributed by atoms with Crippen LogP contribution in [0.1, 0.15) is 26.2 Å². The first-order valence-electron chi connectivity index (χ1n) is 9.49. The fourth-order valence-corrected chi connectivity index (χ4v) is 3.13. The molecule has 2 N–H and O–H groups in total. The Bertz CT molecular complexity index is 718. The van der Waals surface area contributed by atoms with Gasteiger partial charge in [0.1, 0.15) is 12.7 Å². The summed E-state index contributed by atoms with van der Waals surface area (Å²) in [5.74, 6) is 0.972. The Labute approximate surface area is 158 Å². The van der Waals surface area contributed by atoms with Crippen LogP contribution >= 0.6 is 0 Å². The van der Waals surface area contributed by atoms with Gasteiger partial charge in [0, 0.05) is 45.0 Å². The Hall–Kier alpha value is -2.71. The van der Waals surface area contributed by atoms with E-state index < -0.39 is 0 Å². The lowest BCUT2D eigenvalue weighted by Crippen LogP contribution is -2.44. The third-order valence-corrected chi connectivity index (χ3v) is 4.47. The Morgan fingerprint density at radius 3 is 2.96 bits per heavy atom. The van der Waals surface area contributed by atoms with Crippen LogP contribution < -0.4 is 15.5 Å². The van der Waals surface area contributed by atoms with Gasteiger partial charge in [-0.25, -0.2) is 9.37 Å². The van der Waals surface area contributed by atoms with Crippen molar-refractivity contribution in [3.8, 4) is 0 Å². The molecule has 8 nitrogen and oxygen atoms in total. The van der Waals surface area contributed by atoms with Gasteiger partial charge in [0.15, 0.2) is 17.6 Å². The summed E-state index contributed by atoms with van der Waals surface area (Å²) in [5, 5.41) is 14.3. The topological polar surface area (TPSA) is 83.3 Å². The highest BCUT2D eigenvalue weighted by molar-refractivity contribution is 5.80. The number of halogens is 1. The van der Waals surface area contributed by atoms with Gasteiger partial charge >= 0.3 is 0 Å². The van der Waals surface area contributed by atoms with E-state index >= 15 is 0 Å². The SMILES string of the molecule is CCNC(=NCCCCn1cnnc1)NC1CCN(c2ncccc2F)C1. The summed E-state index contributed by atoms with van der Waals surface area (Å²) in [7, 11) is 0. The summed E-state index contributed by atoms with van der Waals surface area (Å²) in [6, 6.07) is 3.29. The van der Waals surface area contributed by atoms with E-state index in [0.717, 1.165) is 51.4 Å². The Balaban J connectivity index is 1.45. The number of guanidine groups is 1. The lowest BCUT2D eigenvalue weighted by atomic mass is 10.3. The van der Waals surface area contributed by atoms with Gasteiger partial charge in [-0.3, -0.25) is 4.99 Å². The van der Waals surface area contributed by atoms with E-state index in [1.54, 1.807) is 24.9 Å². The van der Waals surface area contributed by atoms with E-state index in [9.17, 15) is 4.39 Å². The molecule has 1 aliphatic rings. The van der Waals surface area contributed by atoms with Gasteiger partial charge < -0.3 is 20.1 Å². The summed E-state index contributed by atoms with van der Waals surface area (Å²) in [6.45, 7) is 6.00. The number of hydrogen-bond acceptors (Lipinski definition) is 5. The second kappa shape index (κ2) is 9.84. The highest BCUT2D eigenvalue weighted by Crippen LogP contribution is 2.20. The number of pyridine rings is 1. The normalized spacial score (nSPS) is 17.3. The molecule has 0 aromatic carbocycles. The first kappa shape index (κ1) is 19.1. The van der Waals surface area contributed by atoms with Gasteiger partial charge in [0.2, 0.25) is 0 Å². The van der Waals surface area contributed by atoms with Gasteiger partial charge in [-0.1, -0.05) is 0 Å². The van der Waals surface area contributed by atoms with E-state index in [4.69, 9.17) is 0 Å². The molecular formula is C18H27FN8. The number of aliphatic imine (C=N–C) groups is 1. The van der Waals surface area contributed by atoms with Crippen LogP contribution in [0.25, 0.3) is 0 Å². The summed E-state index contributed by atoms with van der Waals surface area (Å²) in [5.41, 5.74) is 0. The van der Waals surface area contributed by atoms with Crippen molar-refractivity contribution in [2.75, 3.05) is 31.1 Å². The van der Waals surface area contributed by atoms with Crippen LogP contribution in [0.15, 0.2) is 36.0 Å². The van der Waals surface area contributed by atoms with E-state index in [0.29, 0.717) is 12.4 Å². The largest absolute Gasteiger partial charge is 0.357 e. The Morgan fingerprint density at radius 1 is 1.33 bits per heavy atom. The Kier molecular flexibility index (Phi) is 6.95. The average Bonchev–Trinajstić information content (AvgIpc) is 3.34. The number of unbranched alkanes of at least 4 members (excludes halogenated alkanes) is 1. The van der Waals surface area contributed by atoms with Crippen molar-refractivity contribution in [2.45, 2.75) is 38.8 Å². The quantitative estimate of drug-likeness (QED) is 0.413. The minimum atomic E-state index is -0.271. The minimum absolute atomic E-state index is 0.223. The highest BCUT2D eigenvalue weighted by atomic mass is 19.1. The fraction of sp³-hybridized carbons (Fsp3) is 0.556. The first-order chi connectivity index (χ1) is 13.3. The van der Waals surface area contributed by atoms with Gasteiger partial charge in [-0.05, 0) is 38.3 Å². The van der Waals surface area contributed by atoms with E-state index in [1.807, 2.05) is 16.4 Å². The molecule has 3 heterocycles. The molecule has 27 heavy (non-hydrogen) atoms. The highest BCUT2D eigenvalue weighted by Gasteiger charge is 2.25. The zero-order chi connectivity index (χ0) is 18.9. The van der Waals surface area contributed by atoms with E-state index in [1.165, 1.54) is 6.07 Å². The average molecular weight is 374 g/mol. The van der Waals surface area contributed by atoms with Crippen LogP contribution in [0, 0.1) is 5.82 Å². The molecule has 0 amide bonds. The van der Waals surface area contributed by atoms with Crippen molar-refractivity contribution in [3.05, 3.63) is 36.8 Å². The van der Waals surface area contributed by atoms with Crippen LogP contribution in [0.4, 0.5) is 10.2 Å². The predicted molar refractivity (Wildman–Crippen MR) is 103 cm³/mol. The summed E-state index contributed by atoms with van der Waals surface area (Å²) >= 11 is 0. The van der Waals surface area contributed by atoms with Gasteiger partial charge in [0.05, 0.1) is 0 Å². The van der Waals surface area contributed by atoms with Crippen molar-refractivity contribution < 1.29 is 4.39 Å². The molecule has 146 valence electrons. The second-order valence-corrected chi connectivity index (χ2v) is 6.55. The molecule has 1 fully saturated rings. The number of rotatable bonds is 8. The molecule has 1 aliphatic heterocycles. The van der Waals surface area contributed by atoms with Crippen molar-refractivity contribution in [1.29, 1.82) is 0 Å². The molecule has 0 aliphatic carbocycles.